The molecule has 78 valence electrons. The normalized spacial score (nSPS) is 14.5. The van der Waals surface area contributed by atoms with E-state index in [1.165, 1.54) is 0 Å². The van der Waals surface area contributed by atoms with Crippen LogP contribution in [0.4, 0.5) is 30.7 Å². The molecule has 0 amide bonds. The predicted molar refractivity (Wildman–Crippen MR) is 26.8 cm³/mol. The lowest BCUT2D eigenvalue weighted by Gasteiger charge is -2.20. The highest BCUT2D eigenvalue weighted by Crippen LogP contribution is 2.42. The number of rotatable bonds is 2. The van der Waals surface area contributed by atoms with Crippen molar-refractivity contribution in [2.24, 2.45) is 0 Å². The van der Waals surface area contributed by atoms with Crippen LogP contribution in [0.5, 0.6) is 0 Å². The van der Waals surface area contributed by atoms with E-state index in [9.17, 15) is 35.5 Å². The maximum absolute atomic E-state index is 11.9. The molecule has 0 aromatic carbocycles. The van der Waals surface area contributed by atoms with Gasteiger partial charge in [0.25, 0.3) is 0 Å². The SMILES string of the molecule is O=C(C(F)(F)F)C(F)(F)C(F)(F)Cl. The van der Waals surface area contributed by atoms with Crippen LogP contribution in [0.2, 0.25) is 0 Å². The minimum absolute atomic E-state index is 3.62. The lowest BCUT2D eigenvalue weighted by atomic mass is 10.2. The molecule has 0 aliphatic rings. The van der Waals surface area contributed by atoms with Crippen molar-refractivity contribution in [1.82, 2.24) is 0 Å². The summed E-state index contributed by atoms with van der Waals surface area (Å²) in [6.45, 7) is 0. The number of carbonyl (C=O) groups is 1. The van der Waals surface area contributed by atoms with Crippen molar-refractivity contribution < 1.29 is 35.5 Å². The molecule has 0 radical (unpaired) electrons. The molecule has 0 heterocycles. The van der Waals surface area contributed by atoms with E-state index < -0.39 is 23.3 Å². The smallest absolute Gasteiger partial charge is 0.282 e. The van der Waals surface area contributed by atoms with Gasteiger partial charge >= 0.3 is 23.3 Å². The Morgan fingerprint density at radius 1 is 0.923 bits per heavy atom. The molecule has 0 aliphatic heterocycles. The Labute approximate surface area is 71.5 Å². The van der Waals surface area contributed by atoms with E-state index in [-0.39, 0.29) is 0 Å². The molecule has 0 spiro atoms. The number of carbonyl (C=O) groups excluding carboxylic acids is 1. The van der Waals surface area contributed by atoms with Gasteiger partial charge in [-0.1, -0.05) is 0 Å². The van der Waals surface area contributed by atoms with Gasteiger partial charge in [-0.2, -0.15) is 30.7 Å². The highest BCUT2D eigenvalue weighted by molar-refractivity contribution is 6.24. The zero-order valence-electron chi connectivity index (χ0n) is 5.43. The minimum Gasteiger partial charge on any atom is -0.282 e. The lowest BCUT2D eigenvalue weighted by molar-refractivity contribution is -0.219. The van der Waals surface area contributed by atoms with Crippen molar-refractivity contribution in [3.63, 3.8) is 0 Å². The molecule has 0 aromatic heterocycles. The van der Waals surface area contributed by atoms with Crippen LogP contribution in [0.1, 0.15) is 0 Å². The van der Waals surface area contributed by atoms with Gasteiger partial charge in [-0.3, -0.25) is 4.79 Å². The second-order valence-electron chi connectivity index (χ2n) is 1.90. The highest BCUT2D eigenvalue weighted by Gasteiger charge is 2.68. The third-order valence-electron chi connectivity index (χ3n) is 0.899. The number of Topliss-reactive ketones (excluding diaryl/α,β-unsaturated/α-hetero) is 1. The van der Waals surface area contributed by atoms with E-state index in [2.05, 4.69) is 11.6 Å². The topological polar surface area (TPSA) is 17.1 Å². The van der Waals surface area contributed by atoms with Crippen LogP contribution in [-0.2, 0) is 4.79 Å². The summed E-state index contributed by atoms with van der Waals surface area (Å²) < 4.78 is 80.6. The van der Waals surface area contributed by atoms with Gasteiger partial charge in [-0.25, -0.2) is 0 Å². The standard InChI is InChI=1S/C4ClF7O/c5-4(11,12)2(6,7)1(13)3(8,9)10. The fourth-order valence-electron chi connectivity index (χ4n) is 0.307. The first-order valence-corrected chi connectivity index (χ1v) is 2.84. The Kier molecular flexibility index (Phi) is 2.88. The molecule has 0 aromatic rings. The summed E-state index contributed by atoms with van der Waals surface area (Å²) in [5, 5.41) is -5.56. The van der Waals surface area contributed by atoms with Crippen LogP contribution in [0.3, 0.4) is 0 Å². The van der Waals surface area contributed by atoms with Crippen LogP contribution < -0.4 is 0 Å². The average molecular weight is 232 g/mol. The second-order valence-corrected chi connectivity index (χ2v) is 2.37. The zero-order valence-corrected chi connectivity index (χ0v) is 6.19. The number of alkyl halides is 8. The molecule has 0 saturated carbocycles. The molecule has 0 saturated heterocycles. The van der Waals surface area contributed by atoms with Gasteiger partial charge < -0.3 is 0 Å². The van der Waals surface area contributed by atoms with Crippen LogP contribution in [-0.4, -0.2) is 23.3 Å². The molecule has 0 rings (SSSR count). The van der Waals surface area contributed by atoms with E-state index in [1.807, 2.05) is 0 Å². The van der Waals surface area contributed by atoms with Crippen molar-refractivity contribution >= 4 is 17.4 Å². The van der Waals surface area contributed by atoms with Gasteiger partial charge in [0.1, 0.15) is 0 Å². The Morgan fingerprint density at radius 2 is 1.23 bits per heavy atom. The van der Waals surface area contributed by atoms with Gasteiger partial charge in [-0.05, 0) is 11.6 Å². The molecular formula is C4ClF7O. The largest absolute Gasteiger partial charge is 0.456 e. The van der Waals surface area contributed by atoms with Gasteiger partial charge in [0.2, 0.25) is 0 Å². The predicted octanol–water partition coefficient (Wildman–Crippen LogP) is 2.58. The summed E-state index contributed by atoms with van der Waals surface area (Å²) in [6, 6.07) is 0. The van der Waals surface area contributed by atoms with Crippen LogP contribution >= 0.6 is 11.6 Å². The quantitative estimate of drug-likeness (QED) is 0.528. The molecule has 13 heavy (non-hydrogen) atoms. The third kappa shape index (κ3) is 2.45. The number of ketones is 1. The zero-order chi connectivity index (χ0) is 11.1. The fraction of sp³-hybridized carbons (Fsp3) is 0.750. The molecule has 9 heteroatoms. The summed E-state index contributed by atoms with van der Waals surface area (Å²) in [7, 11) is 0. The molecule has 0 aliphatic carbocycles. The number of hydrogen-bond donors (Lipinski definition) is 0. The Hall–Kier alpha value is -0.530. The minimum atomic E-state index is -6.05. The highest BCUT2D eigenvalue weighted by atomic mass is 35.5. The Morgan fingerprint density at radius 3 is 1.31 bits per heavy atom. The fourth-order valence-corrected chi connectivity index (χ4v) is 0.393. The van der Waals surface area contributed by atoms with E-state index in [0.29, 0.717) is 0 Å². The second kappa shape index (κ2) is 3.00. The summed E-state index contributed by atoms with van der Waals surface area (Å²) >= 11 is 3.62. The number of hydrogen-bond acceptors (Lipinski definition) is 1. The van der Waals surface area contributed by atoms with E-state index in [4.69, 9.17) is 0 Å². The van der Waals surface area contributed by atoms with Crippen molar-refractivity contribution in [2.45, 2.75) is 17.5 Å². The van der Waals surface area contributed by atoms with E-state index in [1.54, 1.807) is 0 Å². The lowest BCUT2D eigenvalue weighted by Crippen LogP contribution is -2.49. The van der Waals surface area contributed by atoms with Crippen molar-refractivity contribution in [3.05, 3.63) is 0 Å². The Bertz CT molecular complexity index is 214. The summed E-state index contributed by atoms with van der Waals surface area (Å²) in [5.41, 5.74) is 0. The molecule has 0 N–H and O–H groups in total. The first kappa shape index (κ1) is 12.5. The summed E-state index contributed by atoms with van der Waals surface area (Å²) in [5.74, 6) is -9.83. The van der Waals surface area contributed by atoms with Gasteiger partial charge in [0.15, 0.2) is 0 Å². The maximum atomic E-state index is 11.9. The third-order valence-corrected chi connectivity index (χ3v) is 1.14. The van der Waals surface area contributed by atoms with Gasteiger partial charge in [-0.15, -0.1) is 0 Å². The van der Waals surface area contributed by atoms with Gasteiger partial charge in [0, 0.05) is 0 Å². The van der Waals surface area contributed by atoms with Crippen molar-refractivity contribution in [1.29, 1.82) is 0 Å². The Balaban J connectivity index is 4.98. The average Bonchev–Trinajstić information content (AvgIpc) is 1.81. The summed E-state index contributed by atoms with van der Waals surface area (Å²) in [6.07, 6.45) is -6.05. The van der Waals surface area contributed by atoms with Crippen molar-refractivity contribution in [2.75, 3.05) is 0 Å². The van der Waals surface area contributed by atoms with Crippen LogP contribution in [0.25, 0.3) is 0 Å². The van der Waals surface area contributed by atoms with E-state index >= 15 is 0 Å². The molecular weight excluding hydrogens is 232 g/mol. The molecule has 0 atom stereocenters. The van der Waals surface area contributed by atoms with Crippen LogP contribution in [0.15, 0.2) is 0 Å². The first-order valence-electron chi connectivity index (χ1n) is 2.47. The monoisotopic (exact) mass is 232 g/mol. The van der Waals surface area contributed by atoms with Crippen LogP contribution in [0, 0.1) is 0 Å². The molecule has 0 bridgehead atoms. The first-order chi connectivity index (χ1) is 5.40. The van der Waals surface area contributed by atoms with E-state index in [0.717, 1.165) is 0 Å². The molecule has 0 fully saturated rings. The van der Waals surface area contributed by atoms with Gasteiger partial charge in [0.05, 0.1) is 0 Å². The van der Waals surface area contributed by atoms with Crippen molar-refractivity contribution in [3.8, 4) is 0 Å². The number of halogens is 8. The molecule has 1 nitrogen and oxygen atoms in total. The maximum Gasteiger partial charge on any atom is 0.456 e. The summed E-state index contributed by atoms with van der Waals surface area (Å²) in [4.78, 5) is 9.69. The molecule has 0 unspecified atom stereocenters.